The summed E-state index contributed by atoms with van der Waals surface area (Å²) in [6.07, 6.45) is 0. The average molecular weight is 495 g/mol. The Morgan fingerprint density at radius 2 is 0.882 bits per heavy atom. The summed E-state index contributed by atoms with van der Waals surface area (Å²) in [7, 11) is -3.25. The lowest BCUT2D eigenvalue weighted by molar-refractivity contribution is 0.706. The van der Waals surface area contributed by atoms with Gasteiger partial charge in [-0.15, -0.1) is 0 Å². The van der Waals surface area contributed by atoms with E-state index in [1.165, 1.54) is 22.5 Å². The SMILES string of the molecule is C=C(c1ccc(N(CC)[Si](C)(C)C(C)(C)C)cc1)c1ccc(N(CC)[Si](C)(C)C(C)(C)C)cc1. The van der Waals surface area contributed by atoms with E-state index in [4.69, 9.17) is 0 Å². The van der Waals surface area contributed by atoms with Gasteiger partial charge in [0.25, 0.3) is 0 Å². The third kappa shape index (κ3) is 5.54. The van der Waals surface area contributed by atoms with Crippen LogP contribution in [0.3, 0.4) is 0 Å². The summed E-state index contributed by atoms with van der Waals surface area (Å²) < 4.78 is 5.29. The normalized spacial score (nSPS) is 13.1. The molecule has 0 heterocycles. The van der Waals surface area contributed by atoms with Gasteiger partial charge in [-0.2, -0.15) is 0 Å². The molecule has 0 saturated carbocycles. The van der Waals surface area contributed by atoms with Crippen molar-refractivity contribution in [3.05, 3.63) is 66.2 Å². The zero-order valence-electron chi connectivity index (χ0n) is 24.1. The van der Waals surface area contributed by atoms with Crippen molar-refractivity contribution in [3.63, 3.8) is 0 Å². The van der Waals surface area contributed by atoms with Gasteiger partial charge in [0.05, 0.1) is 0 Å². The summed E-state index contributed by atoms with van der Waals surface area (Å²) in [5.41, 5.74) is 6.13. The Kier molecular flexibility index (Phi) is 8.42. The van der Waals surface area contributed by atoms with Crippen LogP contribution in [0.5, 0.6) is 0 Å². The van der Waals surface area contributed by atoms with Crippen molar-refractivity contribution < 1.29 is 0 Å². The zero-order valence-corrected chi connectivity index (χ0v) is 26.1. The van der Waals surface area contributed by atoms with Crippen molar-refractivity contribution in [3.8, 4) is 0 Å². The number of anilines is 2. The molecule has 0 spiro atoms. The fourth-order valence-corrected chi connectivity index (χ4v) is 9.25. The summed E-state index contributed by atoms with van der Waals surface area (Å²) in [4.78, 5) is 0. The molecule has 0 aromatic heterocycles. The largest absolute Gasteiger partial charge is 0.397 e. The maximum atomic E-state index is 4.45. The van der Waals surface area contributed by atoms with Crippen molar-refractivity contribution in [2.75, 3.05) is 22.2 Å². The van der Waals surface area contributed by atoms with Gasteiger partial charge in [-0.3, -0.25) is 0 Å². The first-order chi connectivity index (χ1) is 15.5. The minimum atomic E-state index is -1.62. The quantitative estimate of drug-likeness (QED) is 0.337. The van der Waals surface area contributed by atoms with Crippen molar-refractivity contribution in [2.24, 2.45) is 0 Å². The molecule has 188 valence electrons. The Labute approximate surface area is 213 Å². The first kappa shape index (κ1) is 28.5. The van der Waals surface area contributed by atoms with Crippen LogP contribution in [0.25, 0.3) is 5.57 Å². The number of benzene rings is 2. The van der Waals surface area contributed by atoms with Crippen LogP contribution < -0.4 is 9.13 Å². The fourth-order valence-electron chi connectivity index (χ4n) is 4.46. The monoisotopic (exact) mass is 494 g/mol. The van der Waals surface area contributed by atoms with Gasteiger partial charge < -0.3 is 9.13 Å². The summed E-state index contributed by atoms with van der Waals surface area (Å²) in [5.74, 6) is 0. The van der Waals surface area contributed by atoms with E-state index >= 15 is 0 Å². The lowest BCUT2D eigenvalue weighted by Gasteiger charge is -2.47. The second-order valence-corrected chi connectivity index (χ2v) is 23.0. The number of nitrogens with zero attached hydrogens (tertiary/aromatic N) is 2. The summed E-state index contributed by atoms with van der Waals surface area (Å²) in [6.45, 7) is 35.3. The van der Waals surface area contributed by atoms with Crippen LogP contribution in [-0.2, 0) is 0 Å². The molecule has 0 fully saturated rings. The molecule has 2 rings (SSSR count). The highest BCUT2D eigenvalue weighted by atomic mass is 28.3. The van der Waals surface area contributed by atoms with E-state index in [-0.39, 0.29) is 0 Å². The first-order valence-corrected chi connectivity index (χ1v) is 18.8. The van der Waals surface area contributed by atoms with E-state index in [0.29, 0.717) is 10.1 Å². The molecule has 2 nitrogen and oxygen atoms in total. The second-order valence-electron chi connectivity index (χ2n) is 12.7. The van der Waals surface area contributed by atoms with Gasteiger partial charge >= 0.3 is 0 Å². The van der Waals surface area contributed by atoms with Crippen LogP contribution in [0, 0.1) is 0 Å². The van der Waals surface area contributed by atoms with Crippen LogP contribution in [0.15, 0.2) is 55.1 Å². The van der Waals surface area contributed by atoms with Crippen molar-refractivity contribution >= 4 is 33.4 Å². The molecule has 2 aromatic rings. The third-order valence-electron chi connectivity index (χ3n) is 8.71. The molecule has 0 amide bonds. The average Bonchev–Trinajstić information content (AvgIpc) is 2.73. The fraction of sp³-hybridized carbons (Fsp3) is 0.533. The second kappa shape index (κ2) is 10.1. The van der Waals surface area contributed by atoms with Crippen molar-refractivity contribution in [1.29, 1.82) is 0 Å². The Morgan fingerprint density at radius 3 is 1.09 bits per heavy atom. The van der Waals surface area contributed by atoms with Crippen LogP contribution >= 0.6 is 0 Å². The van der Waals surface area contributed by atoms with Gasteiger partial charge in [0.1, 0.15) is 0 Å². The summed E-state index contributed by atoms with van der Waals surface area (Å²) >= 11 is 0. The van der Waals surface area contributed by atoms with Crippen LogP contribution in [0.1, 0.15) is 66.5 Å². The smallest absolute Gasteiger partial charge is 0.155 e. The van der Waals surface area contributed by atoms with Gasteiger partial charge in [-0.05, 0) is 64.9 Å². The minimum absolute atomic E-state index is 0.309. The highest BCUT2D eigenvalue weighted by Crippen LogP contribution is 2.42. The molecule has 0 aliphatic carbocycles. The Balaban J connectivity index is 2.29. The van der Waals surface area contributed by atoms with Gasteiger partial charge in [0.15, 0.2) is 16.5 Å². The number of hydrogen-bond acceptors (Lipinski definition) is 2. The topological polar surface area (TPSA) is 6.48 Å². The Morgan fingerprint density at radius 1 is 0.618 bits per heavy atom. The highest BCUT2D eigenvalue weighted by molar-refractivity contribution is 6.84. The molecule has 0 saturated heterocycles. The lowest BCUT2D eigenvalue weighted by atomic mass is 9.99. The summed E-state index contributed by atoms with van der Waals surface area (Å²) in [6, 6.07) is 18.1. The van der Waals surface area contributed by atoms with Crippen molar-refractivity contribution in [1.82, 2.24) is 0 Å². The van der Waals surface area contributed by atoms with E-state index in [1.54, 1.807) is 0 Å². The van der Waals surface area contributed by atoms with Gasteiger partial charge in [0, 0.05) is 24.5 Å². The predicted molar refractivity (Wildman–Crippen MR) is 161 cm³/mol. The maximum absolute atomic E-state index is 4.45. The molecular formula is C30H50N2Si2. The predicted octanol–water partition coefficient (Wildman–Crippen LogP) is 9.41. The molecule has 4 heteroatoms. The van der Waals surface area contributed by atoms with E-state index < -0.39 is 16.5 Å². The minimum Gasteiger partial charge on any atom is -0.397 e. The molecular weight excluding hydrogens is 445 g/mol. The van der Waals surface area contributed by atoms with E-state index in [0.717, 1.165) is 18.7 Å². The maximum Gasteiger partial charge on any atom is 0.155 e. The number of hydrogen-bond donors (Lipinski definition) is 0. The Bertz CT molecular complexity index is 879. The number of rotatable bonds is 8. The van der Waals surface area contributed by atoms with Crippen LogP contribution in [-0.4, -0.2) is 29.6 Å². The van der Waals surface area contributed by atoms with Crippen LogP contribution in [0.2, 0.25) is 36.3 Å². The standard InChI is InChI=1S/C30H50N2Si2/c1-14-31(33(10,11)29(4,5)6)27-20-16-25(17-21-27)24(3)26-18-22-28(23-19-26)32(15-2)34(12,13)30(7,8)9/h16-23H,3,14-15H2,1-2,4-13H3. The molecule has 0 atom stereocenters. The van der Waals surface area contributed by atoms with Gasteiger partial charge in [-0.1, -0.05) is 98.6 Å². The zero-order chi connectivity index (χ0) is 26.1. The van der Waals surface area contributed by atoms with Gasteiger partial charge in [0.2, 0.25) is 0 Å². The molecule has 0 radical (unpaired) electrons. The molecule has 34 heavy (non-hydrogen) atoms. The molecule has 0 aliphatic rings. The van der Waals surface area contributed by atoms with Crippen LogP contribution in [0.4, 0.5) is 11.4 Å². The lowest BCUT2D eigenvalue weighted by Crippen LogP contribution is -2.55. The van der Waals surface area contributed by atoms with E-state index in [9.17, 15) is 0 Å². The first-order valence-electron chi connectivity index (χ1n) is 12.9. The van der Waals surface area contributed by atoms with E-state index in [2.05, 4.69) is 146 Å². The van der Waals surface area contributed by atoms with Crippen molar-refractivity contribution in [2.45, 2.75) is 91.7 Å². The molecule has 0 unspecified atom stereocenters. The summed E-state index contributed by atoms with van der Waals surface area (Å²) in [5, 5.41) is 0.619. The molecule has 0 aliphatic heterocycles. The molecule has 0 N–H and O–H groups in total. The van der Waals surface area contributed by atoms with E-state index in [1.807, 2.05) is 0 Å². The Hall–Kier alpha value is -1.79. The highest BCUT2D eigenvalue weighted by Gasteiger charge is 2.41. The molecule has 0 bridgehead atoms. The molecule has 2 aromatic carbocycles. The third-order valence-corrected chi connectivity index (χ3v) is 19.9. The van der Waals surface area contributed by atoms with Gasteiger partial charge in [-0.25, -0.2) is 0 Å².